The average molecular weight is 584 g/mol. The molecule has 0 unspecified atom stereocenters. The molecule has 9 heteroatoms. The topological polar surface area (TPSA) is 59.0 Å². The van der Waals surface area contributed by atoms with Crippen LogP contribution in [0.25, 0.3) is 0 Å². The summed E-state index contributed by atoms with van der Waals surface area (Å²) in [5.41, 5.74) is 2.34. The van der Waals surface area contributed by atoms with E-state index in [0.29, 0.717) is 22.4 Å². The fourth-order valence-electron chi connectivity index (χ4n) is 3.42. The van der Waals surface area contributed by atoms with Crippen LogP contribution in [-0.2, 0) is 4.84 Å². The molecule has 0 bridgehead atoms. The molecule has 0 spiro atoms. The average Bonchev–Trinajstić information content (AvgIpc) is 2.94. The molecule has 0 radical (unpaired) electrons. The van der Waals surface area contributed by atoms with E-state index in [0.717, 1.165) is 9.79 Å². The lowest BCUT2D eigenvalue weighted by molar-refractivity contribution is 0.103. The van der Waals surface area contributed by atoms with E-state index in [4.69, 9.17) is 39.6 Å². The number of rotatable bonds is 7. The molecule has 0 heterocycles. The number of benzene rings is 4. The second-order valence-corrected chi connectivity index (χ2v) is 11.5. The molecule has 192 valence electrons. The van der Waals surface area contributed by atoms with Gasteiger partial charge in [0.15, 0.2) is 5.78 Å². The first kappa shape index (κ1) is 27.7. The largest absolute Gasteiger partial charge is 0.440 e. The lowest BCUT2D eigenvalue weighted by Gasteiger charge is -2.17. The first-order chi connectivity index (χ1) is 18.2. The summed E-state index contributed by atoms with van der Waals surface area (Å²) < 4.78 is -1.93. The van der Waals surface area contributed by atoms with Crippen molar-refractivity contribution in [2.75, 3.05) is 11.9 Å². The third kappa shape index (κ3) is 7.17. The molecular formula is C29H21Cl3N2O3S. The van der Waals surface area contributed by atoms with E-state index < -0.39 is 9.89 Å². The number of hydrogen-bond donors (Lipinski definition) is 0. The highest BCUT2D eigenvalue weighted by molar-refractivity contribution is 7.99. The predicted molar refractivity (Wildman–Crippen MR) is 155 cm³/mol. The predicted octanol–water partition coefficient (Wildman–Crippen LogP) is 8.42. The Kier molecular flexibility index (Phi) is 9.13. The number of alkyl halides is 3. The second kappa shape index (κ2) is 12.5. The lowest BCUT2D eigenvalue weighted by atomic mass is 10.0. The van der Waals surface area contributed by atoms with Crippen molar-refractivity contribution in [2.24, 2.45) is 5.16 Å². The summed E-state index contributed by atoms with van der Waals surface area (Å²) in [7, 11) is 1.55. The van der Waals surface area contributed by atoms with Crippen molar-refractivity contribution in [1.82, 2.24) is 0 Å². The van der Waals surface area contributed by atoms with Gasteiger partial charge in [0.25, 0.3) is 0 Å². The smallest absolute Gasteiger partial charge is 0.297 e. The van der Waals surface area contributed by atoms with Gasteiger partial charge in [-0.25, -0.2) is 4.79 Å². The van der Waals surface area contributed by atoms with E-state index in [1.54, 1.807) is 67.7 Å². The fraction of sp³-hybridized carbons (Fsp3) is 0.0690. The molecule has 0 N–H and O–H groups in total. The van der Waals surface area contributed by atoms with Gasteiger partial charge in [-0.3, -0.25) is 14.5 Å². The molecule has 1 amide bonds. The number of para-hydroxylation sites is 1. The number of carbonyl (C=O) groups excluding carboxylic acids is 2. The summed E-state index contributed by atoms with van der Waals surface area (Å²) in [6.45, 7) is 0. The highest BCUT2D eigenvalue weighted by atomic mass is 35.6. The standard InChI is InChI=1S/C29H21Cl3N2O3S/c1-34(23-10-6-3-7-11-23)28(36)37-33-27(29(30,31)32)22-14-18-25(19-15-22)38-24-16-12-21(13-17-24)26(35)20-8-4-2-5-9-20/h2-19H,1H3/b33-27-. The molecule has 38 heavy (non-hydrogen) atoms. The van der Waals surface area contributed by atoms with Crippen molar-refractivity contribution in [3.05, 3.63) is 126 Å². The van der Waals surface area contributed by atoms with Crippen molar-refractivity contribution < 1.29 is 14.4 Å². The number of oxime groups is 1. The fourth-order valence-corrected chi connectivity index (χ4v) is 4.67. The molecule has 0 saturated heterocycles. The summed E-state index contributed by atoms with van der Waals surface area (Å²) in [6.07, 6.45) is -0.732. The van der Waals surface area contributed by atoms with E-state index in [2.05, 4.69) is 5.16 Å². The number of amides is 1. The summed E-state index contributed by atoms with van der Waals surface area (Å²) >= 11 is 19.9. The van der Waals surface area contributed by atoms with Gasteiger partial charge in [0.2, 0.25) is 3.79 Å². The number of nitrogens with zero attached hydrogens (tertiary/aromatic N) is 2. The van der Waals surface area contributed by atoms with Crippen molar-refractivity contribution in [2.45, 2.75) is 13.6 Å². The van der Waals surface area contributed by atoms with E-state index in [1.165, 1.54) is 16.7 Å². The zero-order chi connectivity index (χ0) is 27.1. The van der Waals surface area contributed by atoms with Gasteiger partial charge >= 0.3 is 6.09 Å². The molecule has 0 saturated carbocycles. The molecule has 4 rings (SSSR count). The van der Waals surface area contributed by atoms with Crippen LogP contribution in [0.1, 0.15) is 21.5 Å². The van der Waals surface area contributed by atoms with Crippen LogP contribution in [-0.4, -0.2) is 28.4 Å². The first-order valence-electron chi connectivity index (χ1n) is 11.4. The van der Waals surface area contributed by atoms with Crippen LogP contribution in [0.4, 0.5) is 10.5 Å². The van der Waals surface area contributed by atoms with E-state index >= 15 is 0 Å². The molecule has 0 aliphatic carbocycles. The van der Waals surface area contributed by atoms with E-state index in [1.807, 2.05) is 48.5 Å². The Hall–Kier alpha value is -3.29. The van der Waals surface area contributed by atoms with Crippen LogP contribution in [0.2, 0.25) is 0 Å². The normalized spacial score (nSPS) is 11.6. The maximum Gasteiger partial charge on any atom is 0.440 e. The molecular weight excluding hydrogens is 563 g/mol. The number of ketones is 1. The summed E-state index contributed by atoms with van der Waals surface area (Å²) in [5.74, 6) is -0.0271. The lowest BCUT2D eigenvalue weighted by Crippen LogP contribution is -2.27. The monoisotopic (exact) mass is 582 g/mol. The Bertz CT molecular complexity index is 1420. The Labute approximate surface area is 240 Å². The van der Waals surface area contributed by atoms with Gasteiger partial charge in [-0.15, -0.1) is 0 Å². The maximum atomic E-state index is 12.6. The van der Waals surface area contributed by atoms with Gasteiger partial charge in [0.1, 0.15) is 5.71 Å². The van der Waals surface area contributed by atoms with Crippen LogP contribution in [0.5, 0.6) is 0 Å². The van der Waals surface area contributed by atoms with Crippen LogP contribution < -0.4 is 4.90 Å². The quantitative estimate of drug-likeness (QED) is 0.0720. The third-order valence-corrected chi connectivity index (χ3v) is 6.97. The molecule has 0 fully saturated rings. The Morgan fingerprint density at radius 2 is 1.18 bits per heavy atom. The minimum Gasteiger partial charge on any atom is -0.297 e. The summed E-state index contributed by atoms with van der Waals surface area (Å²) in [5, 5.41) is 3.87. The SMILES string of the molecule is CN(C(=O)O/N=C(/c1ccc(Sc2ccc(C(=O)c3ccccc3)cc2)cc1)C(Cl)(Cl)Cl)c1ccccc1. The summed E-state index contributed by atoms with van der Waals surface area (Å²) in [6, 6.07) is 32.6. The van der Waals surface area contributed by atoms with Crippen molar-refractivity contribution in [1.29, 1.82) is 0 Å². The maximum absolute atomic E-state index is 12.6. The van der Waals surface area contributed by atoms with E-state index in [9.17, 15) is 9.59 Å². The second-order valence-electron chi connectivity index (χ2n) is 8.04. The first-order valence-corrected chi connectivity index (χ1v) is 13.3. The van der Waals surface area contributed by atoms with Gasteiger partial charge in [-0.2, -0.15) is 0 Å². The van der Waals surface area contributed by atoms with Gasteiger partial charge in [0, 0.05) is 39.2 Å². The highest BCUT2D eigenvalue weighted by Gasteiger charge is 2.31. The molecule has 5 nitrogen and oxygen atoms in total. The zero-order valence-electron chi connectivity index (χ0n) is 20.1. The number of carbonyl (C=O) groups is 2. The molecule has 0 atom stereocenters. The minimum absolute atomic E-state index is 0.0271. The van der Waals surface area contributed by atoms with Crippen LogP contribution in [0.15, 0.2) is 124 Å². The number of anilines is 1. The van der Waals surface area contributed by atoms with E-state index in [-0.39, 0.29) is 11.5 Å². The Morgan fingerprint density at radius 3 is 1.71 bits per heavy atom. The molecule has 4 aromatic rings. The van der Waals surface area contributed by atoms with Gasteiger partial charge < -0.3 is 0 Å². The van der Waals surface area contributed by atoms with Gasteiger partial charge in [0.05, 0.1) is 0 Å². The van der Waals surface area contributed by atoms with Crippen molar-refractivity contribution >= 4 is 69.8 Å². The molecule has 0 aliphatic heterocycles. The Balaban J connectivity index is 1.44. The van der Waals surface area contributed by atoms with Gasteiger partial charge in [-0.1, -0.05) is 112 Å². The van der Waals surface area contributed by atoms with Crippen LogP contribution >= 0.6 is 46.6 Å². The number of halogens is 3. The summed E-state index contributed by atoms with van der Waals surface area (Å²) in [4.78, 5) is 33.3. The molecule has 4 aromatic carbocycles. The van der Waals surface area contributed by atoms with Crippen molar-refractivity contribution in [3.8, 4) is 0 Å². The highest BCUT2D eigenvalue weighted by Crippen LogP contribution is 2.33. The zero-order valence-corrected chi connectivity index (χ0v) is 23.1. The van der Waals surface area contributed by atoms with Crippen molar-refractivity contribution in [3.63, 3.8) is 0 Å². The molecule has 0 aromatic heterocycles. The van der Waals surface area contributed by atoms with Crippen LogP contribution in [0.3, 0.4) is 0 Å². The van der Waals surface area contributed by atoms with Gasteiger partial charge in [-0.05, 0) is 48.5 Å². The van der Waals surface area contributed by atoms with Crippen LogP contribution in [0, 0.1) is 0 Å². The molecule has 0 aliphatic rings. The third-order valence-electron chi connectivity index (χ3n) is 5.42. The Morgan fingerprint density at radius 1 is 0.711 bits per heavy atom. The number of hydrogen-bond acceptors (Lipinski definition) is 5. The minimum atomic E-state index is -1.93.